The van der Waals surface area contributed by atoms with Gasteiger partial charge in [-0.1, -0.05) is 13.3 Å². The van der Waals surface area contributed by atoms with Crippen molar-refractivity contribution in [3.8, 4) is 5.75 Å². The van der Waals surface area contributed by atoms with E-state index >= 15 is 0 Å². The lowest BCUT2D eigenvalue weighted by molar-refractivity contribution is 0.0983. The zero-order valence-corrected chi connectivity index (χ0v) is 9.11. The number of nitrogen functional groups attached to an aromatic ring is 1. The van der Waals surface area contributed by atoms with Crippen LogP contribution >= 0.6 is 0 Å². The molecule has 0 bridgehead atoms. The molecule has 1 heterocycles. The average molecular weight is 210 g/mol. The zero-order valence-electron chi connectivity index (χ0n) is 9.11. The van der Waals surface area contributed by atoms with Crippen LogP contribution in [0.15, 0.2) is 18.5 Å². The number of anilines is 1. The van der Waals surface area contributed by atoms with Gasteiger partial charge in [0.05, 0.1) is 18.5 Å². The molecule has 0 saturated heterocycles. The van der Waals surface area contributed by atoms with Crippen molar-refractivity contribution in [3.63, 3.8) is 0 Å². The van der Waals surface area contributed by atoms with Crippen LogP contribution in [0.25, 0.3) is 0 Å². The first-order valence-corrected chi connectivity index (χ1v) is 5.24. The summed E-state index contributed by atoms with van der Waals surface area (Å²) in [6.45, 7) is 4.06. The predicted molar refractivity (Wildman–Crippen MR) is 59.9 cm³/mol. The SMILES string of the molecule is CCCCOCCOc1ccncc1N. The van der Waals surface area contributed by atoms with E-state index in [-0.39, 0.29) is 0 Å². The van der Waals surface area contributed by atoms with Crippen molar-refractivity contribution in [3.05, 3.63) is 18.5 Å². The first kappa shape index (κ1) is 11.8. The molecular formula is C11H18N2O2. The van der Waals surface area contributed by atoms with Gasteiger partial charge in [0.1, 0.15) is 12.4 Å². The third kappa shape index (κ3) is 4.65. The molecule has 1 aromatic rings. The Bertz CT molecular complexity index is 279. The van der Waals surface area contributed by atoms with Crippen molar-refractivity contribution in [2.75, 3.05) is 25.6 Å². The first-order valence-electron chi connectivity index (χ1n) is 5.24. The average Bonchev–Trinajstić information content (AvgIpc) is 2.25. The topological polar surface area (TPSA) is 57.4 Å². The number of ether oxygens (including phenoxy) is 2. The van der Waals surface area contributed by atoms with Crippen LogP contribution in [0.4, 0.5) is 5.69 Å². The summed E-state index contributed by atoms with van der Waals surface area (Å²) >= 11 is 0. The van der Waals surface area contributed by atoms with E-state index in [1.54, 1.807) is 18.5 Å². The van der Waals surface area contributed by atoms with Crippen LogP contribution < -0.4 is 10.5 Å². The standard InChI is InChI=1S/C11H18N2O2/c1-2-3-6-14-7-8-15-11-4-5-13-9-10(11)12/h4-5,9H,2-3,6-8,12H2,1H3. The molecule has 0 amide bonds. The van der Waals surface area contributed by atoms with Crippen molar-refractivity contribution in [2.45, 2.75) is 19.8 Å². The van der Waals surface area contributed by atoms with Gasteiger partial charge in [0.25, 0.3) is 0 Å². The molecule has 0 aliphatic heterocycles. The summed E-state index contributed by atoms with van der Waals surface area (Å²) in [6, 6.07) is 1.75. The Morgan fingerprint density at radius 1 is 1.33 bits per heavy atom. The summed E-state index contributed by atoms with van der Waals surface area (Å²) in [5.41, 5.74) is 6.22. The van der Waals surface area contributed by atoms with E-state index in [0.717, 1.165) is 19.4 Å². The minimum absolute atomic E-state index is 0.526. The maximum absolute atomic E-state index is 5.65. The molecule has 2 N–H and O–H groups in total. The highest BCUT2D eigenvalue weighted by Gasteiger charge is 1.98. The Hall–Kier alpha value is -1.29. The molecule has 0 aliphatic rings. The van der Waals surface area contributed by atoms with Crippen molar-refractivity contribution in [1.29, 1.82) is 0 Å². The van der Waals surface area contributed by atoms with Crippen molar-refractivity contribution >= 4 is 5.69 Å². The van der Waals surface area contributed by atoms with Gasteiger partial charge in [-0.15, -0.1) is 0 Å². The number of rotatable bonds is 7. The van der Waals surface area contributed by atoms with Gasteiger partial charge >= 0.3 is 0 Å². The minimum Gasteiger partial charge on any atom is -0.489 e. The summed E-state index contributed by atoms with van der Waals surface area (Å²) in [5.74, 6) is 0.670. The van der Waals surface area contributed by atoms with E-state index in [0.29, 0.717) is 24.7 Å². The second-order valence-electron chi connectivity index (χ2n) is 3.23. The van der Waals surface area contributed by atoms with Crippen LogP contribution in [-0.2, 0) is 4.74 Å². The Labute approximate surface area is 90.4 Å². The third-order valence-electron chi connectivity index (χ3n) is 1.94. The van der Waals surface area contributed by atoms with Crippen LogP contribution in [0.1, 0.15) is 19.8 Å². The van der Waals surface area contributed by atoms with E-state index in [1.165, 1.54) is 0 Å². The largest absolute Gasteiger partial charge is 0.489 e. The molecule has 1 rings (SSSR count). The molecule has 1 aromatic heterocycles. The molecule has 0 unspecified atom stereocenters. The lowest BCUT2D eigenvalue weighted by atomic mass is 10.4. The van der Waals surface area contributed by atoms with Crippen LogP contribution in [0.5, 0.6) is 5.75 Å². The first-order chi connectivity index (χ1) is 7.34. The highest BCUT2D eigenvalue weighted by molar-refractivity contribution is 5.49. The highest BCUT2D eigenvalue weighted by Crippen LogP contribution is 2.17. The van der Waals surface area contributed by atoms with Gasteiger partial charge in [-0.3, -0.25) is 4.98 Å². The smallest absolute Gasteiger partial charge is 0.145 e. The van der Waals surface area contributed by atoms with Crippen LogP contribution in [-0.4, -0.2) is 24.8 Å². The molecule has 4 heteroatoms. The quantitative estimate of drug-likeness (QED) is 0.698. The second kappa shape index (κ2) is 7.06. The molecule has 0 aromatic carbocycles. The molecule has 0 radical (unpaired) electrons. The summed E-state index contributed by atoms with van der Waals surface area (Å²) < 4.78 is 10.8. The van der Waals surface area contributed by atoms with Gasteiger partial charge < -0.3 is 15.2 Å². The fraction of sp³-hybridized carbons (Fsp3) is 0.545. The van der Waals surface area contributed by atoms with E-state index in [9.17, 15) is 0 Å². The lowest BCUT2D eigenvalue weighted by Gasteiger charge is -2.08. The van der Waals surface area contributed by atoms with Gasteiger partial charge in [0.2, 0.25) is 0 Å². The highest BCUT2D eigenvalue weighted by atomic mass is 16.5. The van der Waals surface area contributed by atoms with Crippen molar-refractivity contribution in [2.24, 2.45) is 0 Å². The Kier molecular flexibility index (Phi) is 5.55. The molecule has 0 saturated carbocycles. The number of nitrogens with two attached hydrogens (primary N) is 1. The number of hydrogen-bond donors (Lipinski definition) is 1. The van der Waals surface area contributed by atoms with Crippen molar-refractivity contribution in [1.82, 2.24) is 4.98 Å². The van der Waals surface area contributed by atoms with Crippen LogP contribution in [0.2, 0.25) is 0 Å². The molecule has 15 heavy (non-hydrogen) atoms. The monoisotopic (exact) mass is 210 g/mol. The Morgan fingerprint density at radius 2 is 2.20 bits per heavy atom. The maximum Gasteiger partial charge on any atom is 0.145 e. The Morgan fingerprint density at radius 3 is 2.93 bits per heavy atom. The normalized spacial score (nSPS) is 10.2. The van der Waals surface area contributed by atoms with Gasteiger partial charge in [0, 0.05) is 18.9 Å². The molecular weight excluding hydrogens is 192 g/mol. The molecule has 0 aliphatic carbocycles. The summed E-state index contributed by atoms with van der Waals surface area (Å²) in [6.07, 6.45) is 5.48. The van der Waals surface area contributed by atoms with E-state index in [1.807, 2.05) is 0 Å². The van der Waals surface area contributed by atoms with E-state index in [2.05, 4.69) is 11.9 Å². The second-order valence-corrected chi connectivity index (χ2v) is 3.23. The van der Waals surface area contributed by atoms with Crippen LogP contribution in [0.3, 0.4) is 0 Å². The number of unbranched alkanes of at least 4 members (excludes halogenated alkanes) is 1. The van der Waals surface area contributed by atoms with E-state index in [4.69, 9.17) is 15.2 Å². The lowest BCUT2D eigenvalue weighted by Crippen LogP contribution is -2.08. The number of pyridine rings is 1. The fourth-order valence-electron chi connectivity index (χ4n) is 1.08. The van der Waals surface area contributed by atoms with Crippen LogP contribution in [0, 0.1) is 0 Å². The molecule has 4 nitrogen and oxygen atoms in total. The van der Waals surface area contributed by atoms with Gasteiger partial charge in [-0.25, -0.2) is 0 Å². The predicted octanol–water partition coefficient (Wildman–Crippen LogP) is 1.86. The molecule has 0 atom stereocenters. The minimum atomic E-state index is 0.526. The van der Waals surface area contributed by atoms with Gasteiger partial charge in [0.15, 0.2) is 0 Å². The summed E-state index contributed by atoms with van der Waals surface area (Å²) in [4.78, 5) is 3.88. The van der Waals surface area contributed by atoms with Crippen molar-refractivity contribution < 1.29 is 9.47 Å². The molecule has 0 fully saturated rings. The molecule has 0 spiro atoms. The number of aromatic nitrogens is 1. The fourth-order valence-corrected chi connectivity index (χ4v) is 1.08. The maximum atomic E-state index is 5.65. The number of nitrogens with zero attached hydrogens (tertiary/aromatic N) is 1. The Balaban J connectivity index is 2.12. The third-order valence-corrected chi connectivity index (χ3v) is 1.94. The summed E-state index contributed by atoms with van der Waals surface area (Å²) in [5, 5.41) is 0. The van der Waals surface area contributed by atoms with Gasteiger partial charge in [-0.05, 0) is 6.42 Å². The number of hydrogen-bond acceptors (Lipinski definition) is 4. The summed E-state index contributed by atoms with van der Waals surface area (Å²) in [7, 11) is 0. The molecule has 84 valence electrons. The zero-order chi connectivity index (χ0) is 10.9. The van der Waals surface area contributed by atoms with E-state index < -0.39 is 0 Å². The van der Waals surface area contributed by atoms with Gasteiger partial charge in [-0.2, -0.15) is 0 Å².